The number of hydrogen-bond donors (Lipinski definition) is 1. The predicted octanol–water partition coefficient (Wildman–Crippen LogP) is 3.98. The summed E-state index contributed by atoms with van der Waals surface area (Å²) in [6.07, 6.45) is 1.95. The first kappa shape index (κ1) is 18.8. The summed E-state index contributed by atoms with van der Waals surface area (Å²) in [4.78, 5) is 13.9. The van der Waals surface area contributed by atoms with Gasteiger partial charge in [0, 0.05) is 13.1 Å². The van der Waals surface area contributed by atoms with Crippen molar-refractivity contribution < 1.29 is 9.53 Å². The van der Waals surface area contributed by atoms with Crippen molar-refractivity contribution in [2.75, 3.05) is 31.6 Å². The summed E-state index contributed by atoms with van der Waals surface area (Å²) in [5, 5.41) is 3.20. The zero-order valence-corrected chi connectivity index (χ0v) is 15.2. The molecule has 0 fully saturated rings. The first-order chi connectivity index (χ1) is 12.2. The molecule has 0 radical (unpaired) electrons. The Labute approximate surface area is 150 Å². The van der Waals surface area contributed by atoms with Crippen LogP contribution in [0.4, 0.5) is 5.69 Å². The standard InChI is InChI=1S/C21H28N2O2/c1-3-23(4-2)21(24)17-22-19-14-8-9-15-20(19)25-16-10-13-18-11-6-5-7-12-18/h5-9,11-12,14-15,22H,3-4,10,13,16-17H2,1-2H3. The van der Waals surface area contributed by atoms with E-state index in [1.54, 1.807) is 0 Å². The number of nitrogens with one attached hydrogen (secondary N) is 1. The second kappa shape index (κ2) is 10.4. The maximum Gasteiger partial charge on any atom is 0.241 e. The molecule has 134 valence electrons. The lowest BCUT2D eigenvalue weighted by atomic mass is 10.1. The predicted molar refractivity (Wildman–Crippen MR) is 103 cm³/mol. The maximum absolute atomic E-state index is 12.1. The number of para-hydroxylation sites is 2. The number of anilines is 1. The summed E-state index contributed by atoms with van der Waals surface area (Å²) in [5.41, 5.74) is 2.19. The number of carbonyl (C=O) groups is 1. The van der Waals surface area contributed by atoms with Crippen molar-refractivity contribution in [3.05, 3.63) is 60.2 Å². The molecule has 0 aliphatic carbocycles. The van der Waals surface area contributed by atoms with Gasteiger partial charge >= 0.3 is 0 Å². The third-order valence-electron chi connectivity index (χ3n) is 4.14. The first-order valence-corrected chi connectivity index (χ1v) is 9.02. The van der Waals surface area contributed by atoms with E-state index >= 15 is 0 Å². The van der Waals surface area contributed by atoms with Gasteiger partial charge in [0.1, 0.15) is 5.75 Å². The molecule has 0 atom stereocenters. The van der Waals surface area contributed by atoms with E-state index in [0.29, 0.717) is 6.61 Å². The molecule has 0 aromatic heterocycles. The fraction of sp³-hybridized carbons (Fsp3) is 0.381. The van der Waals surface area contributed by atoms with Gasteiger partial charge in [-0.15, -0.1) is 0 Å². The van der Waals surface area contributed by atoms with E-state index in [0.717, 1.165) is 37.4 Å². The Bertz CT molecular complexity index is 639. The van der Waals surface area contributed by atoms with Gasteiger partial charge in [0.05, 0.1) is 18.8 Å². The molecule has 0 unspecified atom stereocenters. The van der Waals surface area contributed by atoms with Crippen LogP contribution >= 0.6 is 0 Å². The van der Waals surface area contributed by atoms with Crippen LogP contribution in [0.25, 0.3) is 0 Å². The van der Waals surface area contributed by atoms with Gasteiger partial charge in [-0.1, -0.05) is 42.5 Å². The van der Waals surface area contributed by atoms with Crippen molar-refractivity contribution in [1.82, 2.24) is 4.90 Å². The lowest BCUT2D eigenvalue weighted by Crippen LogP contribution is -2.35. The van der Waals surface area contributed by atoms with Gasteiger partial charge in [-0.25, -0.2) is 0 Å². The molecule has 0 aliphatic rings. The number of amides is 1. The number of benzene rings is 2. The van der Waals surface area contributed by atoms with E-state index in [-0.39, 0.29) is 12.5 Å². The maximum atomic E-state index is 12.1. The van der Waals surface area contributed by atoms with Crippen molar-refractivity contribution >= 4 is 11.6 Å². The SMILES string of the molecule is CCN(CC)C(=O)CNc1ccccc1OCCCc1ccccc1. The summed E-state index contributed by atoms with van der Waals surface area (Å²) in [5.74, 6) is 0.895. The zero-order chi connectivity index (χ0) is 17.9. The molecule has 1 N–H and O–H groups in total. The third-order valence-corrected chi connectivity index (χ3v) is 4.14. The second-order valence-electron chi connectivity index (χ2n) is 5.85. The molecule has 0 heterocycles. The van der Waals surface area contributed by atoms with Crippen LogP contribution in [0.1, 0.15) is 25.8 Å². The van der Waals surface area contributed by atoms with E-state index in [2.05, 4.69) is 29.6 Å². The molecule has 25 heavy (non-hydrogen) atoms. The van der Waals surface area contributed by atoms with Crippen LogP contribution in [0.5, 0.6) is 5.75 Å². The smallest absolute Gasteiger partial charge is 0.241 e. The quantitative estimate of drug-likeness (QED) is 0.665. The molecule has 4 nitrogen and oxygen atoms in total. The van der Waals surface area contributed by atoms with Gasteiger partial charge in [0.15, 0.2) is 0 Å². The lowest BCUT2D eigenvalue weighted by molar-refractivity contribution is -0.128. The van der Waals surface area contributed by atoms with Gasteiger partial charge in [-0.2, -0.15) is 0 Å². The van der Waals surface area contributed by atoms with Gasteiger partial charge in [0.2, 0.25) is 5.91 Å². The van der Waals surface area contributed by atoms with Crippen LogP contribution in [0.3, 0.4) is 0 Å². The minimum Gasteiger partial charge on any atom is -0.491 e. The molecule has 2 aromatic carbocycles. The summed E-state index contributed by atoms with van der Waals surface area (Å²) in [6.45, 7) is 6.38. The van der Waals surface area contributed by atoms with Crippen molar-refractivity contribution in [2.24, 2.45) is 0 Å². The largest absolute Gasteiger partial charge is 0.491 e. The molecular weight excluding hydrogens is 312 g/mol. The van der Waals surface area contributed by atoms with Gasteiger partial charge in [0.25, 0.3) is 0 Å². The highest BCUT2D eigenvalue weighted by Crippen LogP contribution is 2.23. The highest BCUT2D eigenvalue weighted by atomic mass is 16.5. The Hall–Kier alpha value is -2.49. The number of likely N-dealkylation sites (N-methyl/N-ethyl adjacent to an activating group) is 1. The topological polar surface area (TPSA) is 41.6 Å². The first-order valence-electron chi connectivity index (χ1n) is 9.02. The molecule has 0 saturated heterocycles. The Kier molecular flexibility index (Phi) is 7.83. The monoisotopic (exact) mass is 340 g/mol. The second-order valence-corrected chi connectivity index (χ2v) is 5.85. The molecule has 4 heteroatoms. The molecule has 2 rings (SSSR count). The number of carbonyl (C=O) groups excluding carboxylic acids is 1. The van der Waals surface area contributed by atoms with E-state index in [1.165, 1.54) is 5.56 Å². The minimum absolute atomic E-state index is 0.101. The van der Waals surface area contributed by atoms with Crippen LogP contribution in [-0.2, 0) is 11.2 Å². The van der Waals surface area contributed by atoms with Crippen molar-refractivity contribution in [1.29, 1.82) is 0 Å². The van der Waals surface area contributed by atoms with E-state index in [1.807, 2.05) is 49.1 Å². The molecule has 1 amide bonds. The summed E-state index contributed by atoms with van der Waals surface area (Å²) >= 11 is 0. The Balaban J connectivity index is 1.82. The average Bonchev–Trinajstić information content (AvgIpc) is 2.66. The Morgan fingerprint density at radius 1 is 1.00 bits per heavy atom. The third kappa shape index (κ3) is 6.14. The molecule has 0 bridgehead atoms. The van der Waals surface area contributed by atoms with Crippen molar-refractivity contribution in [3.8, 4) is 5.75 Å². The van der Waals surface area contributed by atoms with Crippen LogP contribution < -0.4 is 10.1 Å². The highest BCUT2D eigenvalue weighted by molar-refractivity contribution is 5.81. The van der Waals surface area contributed by atoms with E-state index in [9.17, 15) is 4.79 Å². The van der Waals surface area contributed by atoms with Crippen LogP contribution in [0.2, 0.25) is 0 Å². The highest BCUT2D eigenvalue weighted by Gasteiger charge is 2.10. The zero-order valence-electron chi connectivity index (χ0n) is 15.2. The number of rotatable bonds is 10. The van der Waals surface area contributed by atoms with Crippen LogP contribution in [0, 0.1) is 0 Å². The fourth-order valence-corrected chi connectivity index (χ4v) is 2.70. The van der Waals surface area contributed by atoms with Crippen LogP contribution in [0.15, 0.2) is 54.6 Å². The number of hydrogen-bond acceptors (Lipinski definition) is 3. The summed E-state index contributed by atoms with van der Waals surface area (Å²) in [6, 6.07) is 18.2. The summed E-state index contributed by atoms with van der Waals surface area (Å²) < 4.78 is 5.92. The van der Waals surface area contributed by atoms with Gasteiger partial charge in [-0.05, 0) is 44.4 Å². The molecular formula is C21H28N2O2. The van der Waals surface area contributed by atoms with E-state index < -0.39 is 0 Å². The minimum atomic E-state index is 0.101. The molecule has 0 aliphatic heterocycles. The summed E-state index contributed by atoms with van der Waals surface area (Å²) in [7, 11) is 0. The molecule has 2 aromatic rings. The van der Waals surface area contributed by atoms with Crippen molar-refractivity contribution in [3.63, 3.8) is 0 Å². The van der Waals surface area contributed by atoms with Crippen molar-refractivity contribution in [2.45, 2.75) is 26.7 Å². The lowest BCUT2D eigenvalue weighted by Gasteiger charge is -2.20. The van der Waals surface area contributed by atoms with Gasteiger partial charge < -0.3 is 15.0 Å². The van der Waals surface area contributed by atoms with Gasteiger partial charge in [-0.3, -0.25) is 4.79 Å². The number of nitrogens with zero attached hydrogens (tertiary/aromatic N) is 1. The fourth-order valence-electron chi connectivity index (χ4n) is 2.70. The molecule has 0 saturated carbocycles. The normalized spacial score (nSPS) is 10.3. The Morgan fingerprint density at radius 2 is 1.68 bits per heavy atom. The average molecular weight is 340 g/mol. The Morgan fingerprint density at radius 3 is 2.40 bits per heavy atom. The number of ether oxygens (including phenoxy) is 1. The number of aryl methyl sites for hydroxylation is 1. The van der Waals surface area contributed by atoms with E-state index in [4.69, 9.17) is 4.74 Å². The van der Waals surface area contributed by atoms with Crippen LogP contribution in [-0.4, -0.2) is 37.0 Å². The molecule has 0 spiro atoms.